The predicted octanol–water partition coefficient (Wildman–Crippen LogP) is 4.29. The maximum Gasteiger partial charge on any atom is 0.316 e. The largest absolute Gasteiger partial charge is 0.480 e. The number of unbranched alkanes of at least 4 members (excludes halogenated alkanes) is 8. The summed E-state index contributed by atoms with van der Waals surface area (Å²) in [6.45, 7) is 2.23. The minimum atomic E-state index is -0.789. The van der Waals surface area contributed by atoms with Crippen LogP contribution in [0.2, 0.25) is 0 Å². The summed E-state index contributed by atoms with van der Waals surface area (Å²) in [5.74, 6) is -0.789. The molecule has 0 radical (unpaired) electrons. The third-order valence-corrected chi connectivity index (χ3v) is 3.35. The van der Waals surface area contributed by atoms with Gasteiger partial charge in [-0.15, -0.1) is 0 Å². The lowest BCUT2D eigenvalue weighted by Crippen LogP contribution is -2.12. The molecule has 0 heterocycles. The van der Waals surface area contributed by atoms with Gasteiger partial charge in [-0.2, -0.15) is 12.6 Å². The molecule has 1 atom stereocenters. The second-order valence-corrected chi connectivity index (χ2v) is 5.09. The minimum absolute atomic E-state index is 0.468. The van der Waals surface area contributed by atoms with E-state index in [1.54, 1.807) is 0 Å². The lowest BCUT2D eigenvalue weighted by Gasteiger charge is -2.05. The van der Waals surface area contributed by atoms with Gasteiger partial charge in [-0.3, -0.25) is 4.79 Å². The van der Waals surface area contributed by atoms with Crippen LogP contribution in [0.4, 0.5) is 0 Å². The highest BCUT2D eigenvalue weighted by molar-refractivity contribution is 7.81. The van der Waals surface area contributed by atoms with E-state index in [9.17, 15) is 4.79 Å². The van der Waals surface area contributed by atoms with Crippen LogP contribution in [0.3, 0.4) is 0 Å². The van der Waals surface area contributed by atoms with Crippen LogP contribution in [-0.2, 0) is 4.79 Å². The van der Waals surface area contributed by atoms with Crippen molar-refractivity contribution in [2.45, 2.75) is 76.4 Å². The highest BCUT2D eigenvalue weighted by atomic mass is 32.1. The van der Waals surface area contributed by atoms with E-state index in [0.717, 1.165) is 12.8 Å². The fourth-order valence-corrected chi connectivity index (χ4v) is 1.95. The Labute approximate surface area is 105 Å². The molecular formula is C13H26O2S. The number of aliphatic carboxylic acids is 1. The van der Waals surface area contributed by atoms with Gasteiger partial charge in [0.1, 0.15) is 0 Å². The minimum Gasteiger partial charge on any atom is -0.480 e. The molecule has 0 aromatic rings. The first-order valence-electron chi connectivity index (χ1n) is 6.59. The van der Waals surface area contributed by atoms with Crippen LogP contribution in [-0.4, -0.2) is 16.3 Å². The van der Waals surface area contributed by atoms with Crippen molar-refractivity contribution in [1.82, 2.24) is 0 Å². The molecule has 0 aliphatic heterocycles. The average Bonchev–Trinajstić information content (AvgIpc) is 2.26. The number of thiol groups is 1. The monoisotopic (exact) mass is 246 g/mol. The van der Waals surface area contributed by atoms with Crippen LogP contribution < -0.4 is 0 Å². The molecule has 2 nitrogen and oxygen atoms in total. The van der Waals surface area contributed by atoms with E-state index in [0.29, 0.717) is 6.42 Å². The summed E-state index contributed by atoms with van der Waals surface area (Å²) in [6.07, 6.45) is 12.1. The molecule has 1 unspecified atom stereocenters. The lowest BCUT2D eigenvalue weighted by molar-refractivity contribution is -0.136. The van der Waals surface area contributed by atoms with Gasteiger partial charge < -0.3 is 5.11 Å². The van der Waals surface area contributed by atoms with Crippen molar-refractivity contribution >= 4 is 18.6 Å². The van der Waals surface area contributed by atoms with Crippen LogP contribution in [0.1, 0.15) is 71.1 Å². The van der Waals surface area contributed by atoms with Crippen LogP contribution in [0, 0.1) is 0 Å². The van der Waals surface area contributed by atoms with Gasteiger partial charge in [0.05, 0.1) is 5.25 Å². The summed E-state index contributed by atoms with van der Waals surface area (Å²) in [4.78, 5) is 10.5. The molecule has 3 heteroatoms. The Morgan fingerprint density at radius 1 is 1.00 bits per heavy atom. The second-order valence-electron chi connectivity index (χ2n) is 4.47. The van der Waals surface area contributed by atoms with Crippen molar-refractivity contribution in [3.05, 3.63) is 0 Å². The molecule has 0 saturated carbocycles. The van der Waals surface area contributed by atoms with E-state index >= 15 is 0 Å². The Morgan fingerprint density at radius 3 is 1.88 bits per heavy atom. The van der Waals surface area contributed by atoms with Crippen LogP contribution in [0.5, 0.6) is 0 Å². The first kappa shape index (κ1) is 15.8. The maximum absolute atomic E-state index is 10.5. The van der Waals surface area contributed by atoms with Gasteiger partial charge in [0.15, 0.2) is 0 Å². The molecule has 0 rings (SSSR count). The predicted molar refractivity (Wildman–Crippen MR) is 72.3 cm³/mol. The Morgan fingerprint density at radius 2 is 1.44 bits per heavy atom. The molecule has 0 aromatic carbocycles. The van der Waals surface area contributed by atoms with E-state index in [-0.39, 0.29) is 0 Å². The SMILES string of the molecule is CCCCCCCCCCCC(S)C(=O)O. The van der Waals surface area contributed by atoms with Crippen molar-refractivity contribution < 1.29 is 9.90 Å². The average molecular weight is 246 g/mol. The van der Waals surface area contributed by atoms with Gasteiger partial charge in [-0.25, -0.2) is 0 Å². The molecule has 0 aliphatic carbocycles. The maximum atomic E-state index is 10.5. The van der Waals surface area contributed by atoms with Crippen LogP contribution in [0.15, 0.2) is 0 Å². The van der Waals surface area contributed by atoms with Gasteiger partial charge in [0.2, 0.25) is 0 Å². The molecule has 0 fully saturated rings. The smallest absolute Gasteiger partial charge is 0.316 e. The molecule has 0 aromatic heterocycles. The zero-order chi connectivity index (χ0) is 12.2. The Kier molecular flexibility index (Phi) is 11.2. The Bertz CT molecular complexity index is 171. The molecule has 0 saturated heterocycles. The summed E-state index contributed by atoms with van der Waals surface area (Å²) in [5, 5.41) is 8.16. The van der Waals surface area contributed by atoms with Crippen molar-refractivity contribution in [2.75, 3.05) is 0 Å². The highest BCUT2D eigenvalue weighted by Gasteiger charge is 2.10. The Hall–Kier alpha value is -0.180. The molecule has 0 spiro atoms. The first-order valence-corrected chi connectivity index (χ1v) is 7.11. The zero-order valence-corrected chi connectivity index (χ0v) is 11.3. The van der Waals surface area contributed by atoms with Gasteiger partial charge in [0, 0.05) is 0 Å². The van der Waals surface area contributed by atoms with Crippen molar-refractivity contribution in [3.63, 3.8) is 0 Å². The van der Waals surface area contributed by atoms with Gasteiger partial charge in [-0.1, -0.05) is 64.7 Å². The zero-order valence-electron chi connectivity index (χ0n) is 10.5. The van der Waals surface area contributed by atoms with Crippen molar-refractivity contribution in [3.8, 4) is 0 Å². The van der Waals surface area contributed by atoms with E-state index in [1.807, 2.05) is 0 Å². The number of carbonyl (C=O) groups is 1. The molecule has 1 N–H and O–H groups in total. The topological polar surface area (TPSA) is 37.3 Å². The molecule has 0 amide bonds. The summed E-state index contributed by atoms with van der Waals surface area (Å²) in [6, 6.07) is 0. The summed E-state index contributed by atoms with van der Waals surface area (Å²) in [7, 11) is 0. The molecule has 16 heavy (non-hydrogen) atoms. The highest BCUT2D eigenvalue weighted by Crippen LogP contribution is 2.13. The standard InChI is InChI=1S/C13H26O2S/c1-2-3-4-5-6-7-8-9-10-11-12(16)13(14)15/h12,16H,2-11H2,1H3,(H,14,15). The summed E-state index contributed by atoms with van der Waals surface area (Å²) < 4.78 is 0. The van der Waals surface area contributed by atoms with E-state index in [4.69, 9.17) is 5.11 Å². The van der Waals surface area contributed by atoms with Gasteiger partial charge >= 0.3 is 5.97 Å². The number of carboxylic acid groups (broad SMARTS) is 1. The number of rotatable bonds is 11. The normalized spacial score (nSPS) is 12.6. The second kappa shape index (κ2) is 11.3. The van der Waals surface area contributed by atoms with Crippen molar-refractivity contribution in [1.29, 1.82) is 0 Å². The van der Waals surface area contributed by atoms with E-state index in [2.05, 4.69) is 19.6 Å². The summed E-state index contributed by atoms with van der Waals surface area (Å²) >= 11 is 4.01. The quantitative estimate of drug-likeness (QED) is 0.421. The van der Waals surface area contributed by atoms with Crippen molar-refractivity contribution in [2.24, 2.45) is 0 Å². The van der Waals surface area contributed by atoms with Gasteiger partial charge in [0.25, 0.3) is 0 Å². The molecule has 0 bridgehead atoms. The molecule has 0 aliphatic rings. The fourth-order valence-electron chi connectivity index (χ4n) is 1.77. The van der Waals surface area contributed by atoms with Crippen LogP contribution >= 0.6 is 12.6 Å². The van der Waals surface area contributed by atoms with Gasteiger partial charge in [-0.05, 0) is 6.42 Å². The van der Waals surface area contributed by atoms with Crippen LogP contribution in [0.25, 0.3) is 0 Å². The van der Waals surface area contributed by atoms with E-state index < -0.39 is 11.2 Å². The third-order valence-electron chi connectivity index (χ3n) is 2.87. The molecular weight excluding hydrogens is 220 g/mol. The number of hydrogen-bond acceptors (Lipinski definition) is 2. The third kappa shape index (κ3) is 10.3. The molecule has 96 valence electrons. The van der Waals surface area contributed by atoms with E-state index in [1.165, 1.54) is 44.9 Å². The summed E-state index contributed by atoms with van der Waals surface area (Å²) in [5.41, 5.74) is 0. The number of hydrogen-bond donors (Lipinski definition) is 2. The lowest BCUT2D eigenvalue weighted by atomic mass is 10.1. The first-order chi connectivity index (χ1) is 7.68. The fraction of sp³-hybridized carbons (Fsp3) is 0.923. The Balaban J connectivity index is 3.07. The number of carboxylic acids is 1.